The van der Waals surface area contributed by atoms with Crippen LogP contribution in [0.3, 0.4) is 0 Å². The molecule has 4 aromatic heterocycles. The van der Waals surface area contributed by atoms with Gasteiger partial charge in [-0.2, -0.15) is 0 Å². The molecule has 0 amide bonds. The van der Waals surface area contributed by atoms with E-state index in [4.69, 9.17) is 24.4 Å². The predicted octanol–water partition coefficient (Wildman–Crippen LogP) is 3.12. The first-order valence-electron chi connectivity index (χ1n) is 12.9. The third-order valence-corrected chi connectivity index (χ3v) is 8.06. The Balaban J connectivity index is 0.000000152. The lowest BCUT2D eigenvalue weighted by molar-refractivity contribution is 0.195. The Hall–Kier alpha value is -2.80. The van der Waals surface area contributed by atoms with Crippen LogP contribution >= 0.6 is 24.4 Å². The molecule has 2 aliphatic heterocycles. The molecule has 6 heterocycles. The maximum Gasteiger partial charge on any atom is 0.276 e. The van der Waals surface area contributed by atoms with Crippen LogP contribution in [0.2, 0.25) is 0 Å². The number of hydrogen-bond donors (Lipinski definition) is 5. The lowest BCUT2D eigenvalue weighted by Crippen LogP contribution is -2.34. The van der Waals surface area contributed by atoms with E-state index in [1.807, 2.05) is 21.3 Å². The van der Waals surface area contributed by atoms with Crippen molar-refractivity contribution in [2.75, 3.05) is 33.2 Å². The van der Waals surface area contributed by atoms with Crippen LogP contribution in [0.15, 0.2) is 34.1 Å². The molecule has 6 rings (SSSR count). The highest BCUT2D eigenvalue weighted by atomic mass is 32.1. The maximum atomic E-state index is 11.8. The van der Waals surface area contributed by atoms with E-state index in [0.717, 1.165) is 43.8 Å². The van der Waals surface area contributed by atoms with Crippen molar-refractivity contribution >= 4 is 46.5 Å². The Morgan fingerprint density at radius 1 is 0.865 bits per heavy atom. The maximum absolute atomic E-state index is 11.8. The van der Waals surface area contributed by atoms with E-state index in [1.54, 1.807) is 12.4 Å². The number of H-pyrrole nitrogens is 4. The van der Waals surface area contributed by atoms with Gasteiger partial charge in [-0.25, -0.2) is 0 Å². The number of aromatic nitrogens is 6. The van der Waals surface area contributed by atoms with Gasteiger partial charge in [-0.3, -0.25) is 19.6 Å². The van der Waals surface area contributed by atoms with Crippen LogP contribution in [-0.2, 0) is 13.1 Å². The number of aromatic amines is 4. The summed E-state index contributed by atoms with van der Waals surface area (Å²) < 4.78 is 5.11. The molecule has 0 spiro atoms. The minimum absolute atomic E-state index is 0.137. The standard InChI is InChI=1S/C13H18N4OS.C12H16N4OS/c1-16-6-2-3-9(7-16)8-17-10-4-5-14-11(10)12(18)15-13(17)19;17-11-10-9(3-5-14-10)16(12(18)15-11)7-8-2-1-4-13-6-8/h4-5,9,14H,2-3,6-8H2,1H3,(H,15,18,19);3,5,8,13-14H,1-2,4,6-7H2,(H,15,17,18). The van der Waals surface area contributed by atoms with Crippen molar-refractivity contribution in [1.82, 2.24) is 39.3 Å². The lowest BCUT2D eigenvalue weighted by atomic mass is 9.98. The number of nitrogens with one attached hydrogen (secondary N) is 5. The summed E-state index contributed by atoms with van der Waals surface area (Å²) in [5, 5.41) is 3.40. The van der Waals surface area contributed by atoms with Gasteiger partial charge in [-0.15, -0.1) is 0 Å². The van der Waals surface area contributed by atoms with E-state index in [0.29, 0.717) is 32.4 Å². The third-order valence-electron chi connectivity index (χ3n) is 7.42. The van der Waals surface area contributed by atoms with E-state index >= 15 is 0 Å². The summed E-state index contributed by atoms with van der Waals surface area (Å²) in [5.41, 5.74) is 2.74. The number of rotatable bonds is 4. The van der Waals surface area contributed by atoms with E-state index < -0.39 is 0 Å². The Labute approximate surface area is 224 Å². The molecule has 10 nitrogen and oxygen atoms in total. The summed E-state index contributed by atoms with van der Waals surface area (Å²) >= 11 is 10.6. The average Bonchev–Trinajstić information content (AvgIpc) is 3.56. The van der Waals surface area contributed by atoms with Crippen molar-refractivity contribution in [3.05, 3.63) is 54.8 Å². The molecule has 12 heteroatoms. The first-order valence-corrected chi connectivity index (χ1v) is 13.7. The second kappa shape index (κ2) is 11.3. The predicted molar refractivity (Wildman–Crippen MR) is 151 cm³/mol. The highest BCUT2D eigenvalue weighted by Gasteiger charge is 2.19. The molecular weight excluding hydrogens is 508 g/mol. The minimum Gasteiger partial charge on any atom is -0.355 e. The van der Waals surface area contributed by atoms with Crippen molar-refractivity contribution in [3.8, 4) is 0 Å². The molecule has 2 atom stereocenters. The number of piperidine rings is 2. The molecular formula is C25H34N8O2S2. The van der Waals surface area contributed by atoms with Crippen LogP contribution in [-0.4, -0.2) is 67.2 Å². The van der Waals surface area contributed by atoms with Crippen LogP contribution in [0.1, 0.15) is 25.7 Å². The molecule has 2 fully saturated rings. The van der Waals surface area contributed by atoms with Crippen molar-refractivity contribution < 1.29 is 0 Å². The van der Waals surface area contributed by atoms with Gasteiger partial charge in [0.2, 0.25) is 0 Å². The van der Waals surface area contributed by atoms with E-state index in [-0.39, 0.29) is 11.1 Å². The fraction of sp³-hybridized carbons (Fsp3) is 0.520. The Morgan fingerprint density at radius 2 is 1.43 bits per heavy atom. The topological polar surface area (TPSA) is 122 Å². The van der Waals surface area contributed by atoms with Gasteiger partial charge in [0.15, 0.2) is 9.54 Å². The largest absolute Gasteiger partial charge is 0.355 e. The molecule has 2 unspecified atom stereocenters. The highest BCUT2D eigenvalue weighted by molar-refractivity contribution is 7.71. The average molecular weight is 543 g/mol. The molecule has 2 saturated heterocycles. The molecule has 37 heavy (non-hydrogen) atoms. The van der Waals surface area contributed by atoms with Crippen LogP contribution in [0.25, 0.3) is 22.1 Å². The molecule has 0 radical (unpaired) electrons. The molecule has 0 saturated carbocycles. The van der Waals surface area contributed by atoms with Crippen molar-refractivity contribution in [1.29, 1.82) is 0 Å². The van der Waals surface area contributed by atoms with E-state index in [1.165, 1.54) is 32.2 Å². The number of fused-ring (bicyclic) bond motifs is 2. The van der Waals surface area contributed by atoms with Gasteiger partial charge in [0.1, 0.15) is 11.0 Å². The second-order valence-electron chi connectivity index (χ2n) is 10.2. The third kappa shape index (κ3) is 5.71. The summed E-state index contributed by atoms with van der Waals surface area (Å²) in [7, 11) is 2.16. The van der Waals surface area contributed by atoms with Crippen molar-refractivity contribution in [2.45, 2.75) is 38.8 Å². The van der Waals surface area contributed by atoms with Gasteiger partial charge in [0.05, 0.1) is 11.0 Å². The van der Waals surface area contributed by atoms with Crippen LogP contribution < -0.4 is 16.4 Å². The Kier molecular flexibility index (Phi) is 7.89. The molecule has 0 aliphatic carbocycles. The molecule has 4 aromatic rings. The van der Waals surface area contributed by atoms with Crippen LogP contribution in [0.5, 0.6) is 0 Å². The van der Waals surface area contributed by atoms with Gasteiger partial charge < -0.3 is 29.3 Å². The van der Waals surface area contributed by atoms with E-state index in [9.17, 15) is 9.59 Å². The van der Waals surface area contributed by atoms with Crippen LogP contribution in [0.4, 0.5) is 0 Å². The fourth-order valence-electron chi connectivity index (χ4n) is 5.59. The molecule has 0 bridgehead atoms. The van der Waals surface area contributed by atoms with E-state index in [2.05, 4.69) is 37.2 Å². The Bertz CT molecular complexity index is 1600. The van der Waals surface area contributed by atoms with Gasteiger partial charge in [0, 0.05) is 32.0 Å². The summed E-state index contributed by atoms with van der Waals surface area (Å²) in [4.78, 5) is 37.3. The summed E-state index contributed by atoms with van der Waals surface area (Å²) in [5.74, 6) is 1.17. The Morgan fingerprint density at radius 3 is 1.97 bits per heavy atom. The fourth-order valence-corrected chi connectivity index (χ4v) is 6.12. The summed E-state index contributed by atoms with van der Waals surface area (Å²) in [6.45, 7) is 6.12. The number of likely N-dealkylation sites (tertiary alicyclic amines) is 1. The smallest absolute Gasteiger partial charge is 0.276 e. The molecule has 2 aliphatic rings. The van der Waals surface area contributed by atoms with Crippen molar-refractivity contribution in [3.63, 3.8) is 0 Å². The SMILES string of the molecule is CN1CCCC(Cn2c(=S)[nH]c(=O)c3[nH]ccc32)C1.O=c1[nH]c(=S)n(CC2CCCNC2)c2cc[nH]c12. The number of hydrogen-bond acceptors (Lipinski definition) is 6. The highest BCUT2D eigenvalue weighted by Crippen LogP contribution is 2.19. The minimum atomic E-state index is -0.141. The monoisotopic (exact) mass is 542 g/mol. The van der Waals surface area contributed by atoms with Gasteiger partial charge >= 0.3 is 0 Å². The first kappa shape index (κ1) is 25.8. The molecule has 5 N–H and O–H groups in total. The van der Waals surface area contributed by atoms with Gasteiger partial charge in [-0.1, -0.05) is 0 Å². The summed E-state index contributed by atoms with van der Waals surface area (Å²) in [6.07, 6.45) is 8.44. The first-order chi connectivity index (χ1) is 17.9. The van der Waals surface area contributed by atoms with Gasteiger partial charge in [0.25, 0.3) is 11.1 Å². The quantitative estimate of drug-likeness (QED) is 0.253. The lowest BCUT2D eigenvalue weighted by Gasteiger charge is -2.30. The van der Waals surface area contributed by atoms with Crippen LogP contribution in [0, 0.1) is 21.4 Å². The zero-order chi connectivity index (χ0) is 25.9. The summed E-state index contributed by atoms with van der Waals surface area (Å²) in [6, 6.07) is 3.84. The molecule has 0 aromatic carbocycles. The zero-order valence-corrected chi connectivity index (χ0v) is 22.6. The normalized spacial score (nSPS) is 20.7. The second-order valence-corrected chi connectivity index (χ2v) is 11.0. The van der Waals surface area contributed by atoms with Gasteiger partial charge in [-0.05, 0) is 101 Å². The zero-order valence-electron chi connectivity index (χ0n) is 21.0. The van der Waals surface area contributed by atoms with Crippen molar-refractivity contribution in [2.24, 2.45) is 11.8 Å². The molecule has 198 valence electrons. The number of nitrogens with zero attached hydrogens (tertiary/aromatic N) is 3.